The van der Waals surface area contributed by atoms with E-state index in [1.165, 1.54) is 16.9 Å². The first kappa shape index (κ1) is 9.34. The molecule has 3 heteroatoms. The van der Waals surface area contributed by atoms with E-state index in [0.717, 1.165) is 6.54 Å². The molecule has 0 saturated carbocycles. The van der Waals surface area contributed by atoms with E-state index in [0.29, 0.717) is 12.6 Å². The average Bonchev–Trinajstić information content (AvgIpc) is 2.23. The summed E-state index contributed by atoms with van der Waals surface area (Å²) in [6.07, 6.45) is 0. The van der Waals surface area contributed by atoms with Crippen LogP contribution in [0.25, 0.3) is 0 Å². The molecule has 3 N–H and O–H groups in total. The summed E-state index contributed by atoms with van der Waals surface area (Å²) in [4.78, 5) is 2.30. The van der Waals surface area contributed by atoms with Crippen LogP contribution in [0.15, 0.2) is 18.2 Å². The van der Waals surface area contributed by atoms with E-state index in [1.807, 2.05) is 0 Å². The molecule has 76 valence electrons. The number of fused-ring (bicyclic) bond motifs is 1. The van der Waals surface area contributed by atoms with Crippen LogP contribution < -0.4 is 16.0 Å². The highest BCUT2D eigenvalue weighted by Gasteiger charge is 2.20. The fourth-order valence-corrected chi connectivity index (χ4v) is 1.88. The molecule has 1 aromatic carbocycles. The van der Waals surface area contributed by atoms with Gasteiger partial charge in [0.2, 0.25) is 0 Å². The Morgan fingerprint density at radius 2 is 2.36 bits per heavy atom. The van der Waals surface area contributed by atoms with Crippen LogP contribution in [0.4, 0.5) is 11.4 Å². The molecule has 1 aliphatic rings. The zero-order valence-electron chi connectivity index (χ0n) is 8.75. The minimum absolute atomic E-state index is 0.538. The van der Waals surface area contributed by atoms with Gasteiger partial charge in [-0.25, -0.2) is 0 Å². The maximum absolute atomic E-state index is 5.70. The zero-order valence-corrected chi connectivity index (χ0v) is 8.75. The third-order valence-corrected chi connectivity index (χ3v) is 2.96. The van der Waals surface area contributed by atoms with Crippen LogP contribution in [0.5, 0.6) is 0 Å². The average molecular weight is 191 g/mol. The van der Waals surface area contributed by atoms with Gasteiger partial charge in [-0.05, 0) is 18.6 Å². The van der Waals surface area contributed by atoms with Gasteiger partial charge in [0.1, 0.15) is 0 Å². The maximum atomic E-state index is 5.70. The molecule has 2 rings (SSSR count). The molecular weight excluding hydrogens is 174 g/mol. The highest BCUT2D eigenvalue weighted by molar-refractivity contribution is 5.75. The van der Waals surface area contributed by atoms with Gasteiger partial charge in [0.15, 0.2) is 0 Å². The summed E-state index contributed by atoms with van der Waals surface area (Å²) >= 11 is 0. The van der Waals surface area contributed by atoms with Crippen molar-refractivity contribution in [3.8, 4) is 0 Å². The molecule has 1 unspecified atom stereocenters. The van der Waals surface area contributed by atoms with Gasteiger partial charge in [-0.15, -0.1) is 0 Å². The Labute approximate surface area is 84.9 Å². The lowest BCUT2D eigenvalue weighted by atomic mass is 10.1. The quantitative estimate of drug-likeness (QED) is 0.705. The van der Waals surface area contributed by atoms with Crippen molar-refractivity contribution in [2.75, 3.05) is 23.8 Å². The van der Waals surface area contributed by atoms with E-state index < -0.39 is 0 Å². The molecule has 0 aromatic heterocycles. The summed E-state index contributed by atoms with van der Waals surface area (Å²) in [6, 6.07) is 6.82. The molecule has 1 heterocycles. The van der Waals surface area contributed by atoms with Gasteiger partial charge < -0.3 is 16.0 Å². The number of para-hydroxylation sites is 1. The summed E-state index contributed by atoms with van der Waals surface area (Å²) < 4.78 is 0. The number of nitrogens with one attached hydrogen (secondary N) is 1. The Morgan fingerprint density at radius 3 is 3.07 bits per heavy atom. The molecule has 1 aromatic rings. The van der Waals surface area contributed by atoms with Gasteiger partial charge in [-0.2, -0.15) is 0 Å². The second-order valence-corrected chi connectivity index (χ2v) is 3.86. The Bertz CT molecular complexity index is 335. The second-order valence-electron chi connectivity index (χ2n) is 3.86. The SMILES string of the molecule is CC1CNc2c(CN)cccc2N1C. The minimum atomic E-state index is 0.538. The smallest absolute Gasteiger partial charge is 0.0624 e. The van der Waals surface area contributed by atoms with E-state index >= 15 is 0 Å². The van der Waals surface area contributed by atoms with Crippen molar-refractivity contribution in [2.45, 2.75) is 19.5 Å². The summed E-state index contributed by atoms with van der Waals surface area (Å²) in [6.45, 7) is 3.80. The molecule has 3 nitrogen and oxygen atoms in total. The highest BCUT2D eigenvalue weighted by atomic mass is 15.2. The molecule has 0 fully saturated rings. The molecule has 0 amide bonds. The fourth-order valence-electron chi connectivity index (χ4n) is 1.88. The van der Waals surface area contributed by atoms with Crippen molar-refractivity contribution in [3.63, 3.8) is 0 Å². The van der Waals surface area contributed by atoms with Crippen LogP contribution in [0.1, 0.15) is 12.5 Å². The van der Waals surface area contributed by atoms with Crippen LogP contribution in [0.3, 0.4) is 0 Å². The summed E-state index contributed by atoms with van der Waals surface area (Å²) in [5.74, 6) is 0. The number of nitrogens with two attached hydrogens (primary N) is 1. The number of benzene rings is 1. The first-order valence-electron chi connectivity index (χ1n) is 5.02. The van der Waals surface area contributed by atoms with E-state index in [4.69, 9.17) is 5.73 Å². The van der Waals surface area contributed by atoms with E-state index in [-0.39, 0.29) is 0 Å². The molecule has 1 aliphatic heterocycles. The second kappa shape index (κ2) is 3.50. The summed E-state index contributed by atoms with van der Waals surface area (Å²) in [7, 11) is 2.13. The monoisotopic (exact) mass is 191 g/mol. The van der Waals surface area contributed by atoms with Crippen LogP contribution in [0, 0.1) is 0 Å². The number of rotatable bonds is 1. The maximum Gasteiger partial charge on any atom is 0.0624 e. The Morgan fingerprint density at radius 1 is 1.57 bits per heavy atom. The minimum Gasteiger partial charge on any atom is -0.381 e. The zero-order chi connectivity index (χ0) is 10.1. The van der Waals surface area contributed by atoms with E-state index in [2.05, 4.69) is 42.4 Å². The third-order valence-electron chi connectivity index (χ3n) is 2.96. The van der Waals surface area contributed by atoms with Gasteiger partial charge >= 0.3 is 0 Å². The van der Waals surface area contributed by atoms with Gasteiger partial charge in [-0.1, -0.05) is 12.1 Å². The van der Waals surface area contributed by atoms with Crippen molar-refractivity contribution >= 4 is 11.4 Å². The number of nitrogens with zero attached hydrogens (tertiary/aromatic N) is 1. The van der Waals surface area contributed by atoms with Gasteiger partial charge in [0, 0.05) is 26.2 Å². The van der Waals surface area contributed by atoms with Crippen LogP contribution in [-0.2, 0) is 6.54 Å². The Balaban J connectivity index is 2.47. The topological polar surface area (TPSA) is 41.3 Å². The van der Waals surface area contributed by atoms with Crippen molar-refractivity contribution in [2.24, 2.45) is 5.73 Å². The van der Waals surface area contributed by atoms with Crippen LogP contribution in [0.2, 0.25) is 0 Å². The van der Waals surface area contributed by atoms with Crippen LogP contribution in [-0.4, -0.2) is 19.6 Å². The third kappa shape index (κ3) is 1.34. The largest absolute Gasteiger partial charge is 0.381 e. The lowest BCUT2D eigenvalue weighted by Gasteiger charge is -2.35. The number of hydrogen-bond acceptors (Lipinski definition) is 3. The Hall–Kier alpha value is -1.22. The Kier molecular flexibility index (Phi) is 2.33. The molecule has 0 bridgehead atoms. The molecule has 0 aliphatic carbocycles. The molecule has 1 atom stereocenters. The standard InChI is InChI=1S/C11H17N3/c1-8-7-13-11-9(6-12)4-3-5-10(11)14(8)2/h3-5,8,13H,6-7,12H2,1-2H3. The predicted octanol–water partition coefficient (Wildman–Crippen LogP) is 1.40. The molecule has 0 radical (unpaired) electrons. The molecule has 0 spiro atoms. The molecular formula is C11H17N3. The lowest BCUT2D eigenvalue weighted by molar-refractivity contribution is 0.697. The first-order chi connectivity index (χ1) is 6.74. The van der Waals surface area contributed by atoms with Crippen molar-refractivity contribution in [1.82, 2.24) is 0 Å². The lowest BCUT2D eigenvalue weighted by Crippen LogP contribution is -2.39. The van der Waals surface area contributed by atoms with Crippen molar-refractivity contribution in [3.05, 3.63) is 23.8 Å². The fraction of sp³-hybridized carbons (Fsp3) is 0.455. The van der Waals surface area contributed by atoms with Crippen molar-refractivity contribution in [1.29, 1.82) is 0 Å². The normalized spacial score (nSPS) is 20.2. The molecule has 0 saturated heterocycles. The highest BCUT2D eigenvalue weighted by Crippen LogP contribution is 2.32. The molecule has 14 heavy (non-hydrogen) atoms. The van der Waals surface area contributed by atoms with Crippen LogP contribution >= 0.6 is 0 Å². The van der Waals surface area contributed by atoms with E-state index in [1.54, 1.807) is 0 Å². The predicted molar refractivity (Wildman–Crippen MR) is 60.7 cm³/mol. The summed E-state index contributed by atoms with van der Waals surface area (Å²) in [5, 5.41) is 3.44. The number of likely N-dealkylation sites (N-methyl/N-ethyl adjacent to an activating group) is 1. The van der Waals surface area contributed by atoms with Gasteiger partial charge in [-0.3, -0.25) is 0 Å². The number of anilines is 2. The number of hydrogen-bond donors (Lipinski definition) is 2. The summed E-state index contributed by atoms with van der Waals surface area (Å²) in [5.41, 5.74) is 9.35. The van der Waals surface area contributed by atoms with Gasteiger partial charge in [0.25, 0.3) is 0 Å². The first-order valence-corrected chi connectivity index (χ1v) is 5.02. The van der Waals surface area contributed by atoms with E-state index in [9.17, 15) is 0 Å². The van der Waals surface area contributed by atoms with Crippen molar-refractivity contribution < 1.29 is 0 Å². The van der Waals surface area contributed by atoms with Gasteiger partial charge in [0.05, 0.1) is 11.4 Å².